The van der Waals surface area contributed by atoms with Crippen LogP contribution >= 0.6 is 57.1 Å². The molecule has 0 saturated carbocycles. The Labute approximate surface area is 645 Å². The highest BCUT2D eigenvalue weighted by Crippen LogP contribution is 2.60. The van der Waals surface area contributed by atoms with Gasteiger partial charge in [0, 0.05) is 55.4 Å². The van der Waals surface area contributed by atoms with Crippen LogP contribution in [0.2, 0.25) is 0 Å². The molecule has 5 aliphatic heterocycles. The fraction of sp³-hybridized carbons (Fsp3) is 0.600. The summed E-state index contributed by atoms with van der Waals surface area (Å²) in [6, 6.07) is 1.45. The number of hydrogen-bond acceptors (Lipinski definition) is 35. The van der Waals surface area contributed by atoms with E-state index in [1.165, 1.54) is 64.9 Å². The number of nitrogen functional groups attached to an aromatic ring is 3. The van der Waals surface area contributed by atoms with Crippen molar-refractivity contribution in [2.75, 3.05) is 50.2 Å². The molecule has 0 amide bonds. The molecule has 43 nitrogen and oxygen atoms in total. The summed E-state index contributed by atoms with van der Waals surface area (Å²) in [7, 11) is 0. The smallest absolute Gasteiger partial charge is 0.383 e. The normalized spacial score (nSPS) is 28.8. The topological polar surface area (TPSA) is 566 Å². The maximum atomic E-state index is 14.8. The van der Waals surface area contributed by atoms with Crippen LogP contribution in [-0.2, 0) is 121 Å². The Morgan fingerprint density at radius 2 is 0.899 bits per heavy atom. The summed E-state index contributed by atoms with van der Waals surface area (Å²) < 4.78 is 112. The second kappa shape index (κ2) is 33.5. The standard InChI is InChI=1S/C55H76N17O26P5S6/c1-23(2)27-9-38(68-8-7-37(56)61-53(68)77)89-32(27)16-84-99(80,104)95-28-10-39(69-14-25(5)47(73)66-54(69)78)90-33(28)17-85-101(82,106)97-30-12-41(71-21-59-43-45(71)62-51(57)64-49(43)75)92-35(30)19-87-100(81,105)96-29-11-40(70-15-26(6)48(74)67-55(70)79)91-34(29)18-86-102(83,107)98-31-13-42(93-36(31)20-88-103(108,109)94-24(3)4)72-22-60-44-46(72)63-52(58)65-50(44)76/h7-8,14-15,21-24,27-36,38-42H,9-13,16-20H2,1-6H3,(H,80,104)(H,81,105)(H,82,106)(H,83,107)(H,108,109)(H2,56,61,77)(H,66,73,78)(H,67,74,79)(H3,57,62,64,75)(H3,58,63,65,76)/t27-,28+,29+,30+,31+,32+,33+,34+,35+,36+,38+,39+,40+,41+,42+,99?,100?,101?,102?/m0/s1. The minimum Gasteiger partial charge on any atom is -0.383 e. The zero-order valence-corrected chi connectivity index (χ0v) is 67.6. The lowest BCUT2D eigenvalue weighted by molar-refractivity contribution is -0.0549. The number of nitrogens with one attached hydrogen (secondary N) is 4. The third-order valence-corrected chi connectivity index (χ3v) is 26.7. The molecule has 13 N–H and O–H groups in total. The Morgan fingerprint density at radius 3 is 1.31 bits per heavy atom. The molecule has 7 aromatic rings. The van der Waals surface area contributed by atoms with E-state index in [1.807, 2.05) is 13.8 Å². The number of rotatable bonds is 31. The average Bonchev–Trinajstić information content (AvgIpc) is 1.63. The molecule has 0 bridgehead atoms. The van der Waals surface area contributed by atoms with Gasteiger partial charge in [-0.1, -0.05) is 38.3 Å². The minimum absolute atomic E-state index is 0.0164. The summed E-state index contributed by atoms with van der Waals surface area (Å²) in [5.41, 5.74) is 9.20. The van der Waals surface area contributed by atoms with Crippen LogP contribution < -0.4 is 56.5 Å². The monoisotopic (exact) mass is 1740 g/mol. The van der Waals surface area contributed by atoms with E-state index < -0.39 is 178 Å². The van der Waals surface area contributed by atoms with E-state index in [0.29, 0.717) is 6.42 Å². The Kier molecular flexibility index (Phi) is 25.7. The predicted octanol–water partition coefficient (Wildman–Crippen LogP) is 2.57. The molecule has 0 radical (unpaired) electrons. The van der Waals surface area contributed by atoms with Crippen LogP contribution in [0, 0.1) is 25.7 Å². The van der Waals surface area contributed by atoms with E-state index in [1.54, 1.807) is 13.8 Å². The maximum Gasteiger partial charge on any atom is 0.386 e. The first-order chi connectivity index (χ1) is 51.2. The van der Waals surface area contributed by atoms with Gasteiger partial charge in [-0.15, -0.1) is 0 Å². The minimum atomic E-state index is -4.74. The molecule has 7 aromatic heterocycles. The van der Waals surface area contributed by atoms with Crippen molar-refractivity contribution in [3.05, 3.63) is 121 Å². The molecule has 0 spiro atoms. The van der Waals surface area contributed by atoms with Crippen LogP contribution in [-0.4, -0.2) is 176 Å². The number of nitrogens with two attached hydrogens (primary N) is 3. The number of fused-ring (bicyclic) bond motifs is 2. The molecule has 54 heteroatoms. The number of aryl methyl sites for hydroxylation is 2. The van der Waals surface area contributed by atoms with E-state index in [-0.39, 0.29) is 108 Å². The number of thiol groups is 2. The van der Waals surface area contributed by atoms with Crippen LogP contribution in [0.1, 0.15) is 102 Å². The van der Waals surface area contributed by atoms with Gasteiger partial charge in [-0.05, 0) is 99.2 Å². The molecule has 5 unspecified atom stereocenters. The molecular formula is C55H76N17O26P5S6. The van der Waals surface area contributed by atoms with Crippen LogP contribution in [0.15, 0.2) is 70.9 Å². The summed E-state index contributed by atoms with van der Waals surface area (Å²) >= 11 is 31.0. The zero-order valence-electron chi connectivity index (χ0n) is 58.0. The number of imidazole rings is 2. The van der Waals surface area contributed by atoms with Crippen molar-refractivity contribution >= 4 is 144 Å². The van der Waals surface area contributed by atoms with Crippen LogP contribution in [0.4, 0.5) is 17.7 Å². The Hall–Kier alpha value is -4.85. The number of hydrogen-bond donors (Lipinski definition) is 12. The van der Waals surface area contributed by atoms with E-state index in [0.717, 1.165) is 9.13 Å². The molecule has 5 saturated heterocycles. The number of H-pyrrole nitrogens is 4. The van der Waals surface area contributed by atoms with Gasteiger partial charge in [0.25, 0.3) is 22.2 Å². The van der Waals surface area contributed by atoms with Gasteiger partial charge < -0.3 is 91.8 Å². The molecule has 109 heavy (non-hydrogen) atoms. The van der Waals surface area contributed by atoms with Crippen LogP contribution in [0.3, 0.4) is 0 Å². The van der Waals surface area contributed by atoms with Crippen molar-refractivity contribution in [1.82, 2.24) is 67.7 Å². The summed E-state index contributed by atoms with van der Waals surface area (Å²) in [5.74, 6) is -0.726. The largest absolute Gasteiger partial charge is 0.386 e. The van der Waals surface area contributed by atoms with E-state index in [2.05, 4.69) is 69.4 Å². The van der Waals surface area contributed by atoms with Crippen molar-refractivity contribution in [2.24, 2.45) is 11.8 Å². The first-order valence-electron chi connectivity index (χ1n) is 33.2. The SMILES string of the molecule is Cc1cn([C@H]2C[C@@H](OP(O)(=S)OC[C@H]3O[C@@H](n4ccc(N)nc4=O)C[C@H]3C(C)C)[C@@H](COP(=O)(S)O[C@@H]3C[C@H](n4cnc5c(=O)[nH]c(N)nc54)O[C@@H]3COP(O)(=S)O[C@@H]3C[C@H](n4cc(C)c(=O)[nH]c4=O)O[C@@H]3COP(O)(=S)O[C@@H]3C[C@H](n4cnc5c(=O)[nH]c(N)nc54)O[C@@H]3COP(=S)(S)OC(C)C)O2)c(=O)[nH]c1=O. The summed E-state index contributed by atoms with van der Waals surface area (Å²) in [6.45, 7) is -10.8. The lowest BCUT2D eigenvalue weighted by atomic mass is 9.89. The Bertz CT molecular complexity index is 5280. The van der Waals surface area contributed by atoms with Crippen LogP contribution in [0.25, 0.3) is 22.3 Å². The molecule has 0 aromatic carbocycles. The fourth-order valence-corrected chi connectivity index (χ4v) is 21.1. The second-order valence-electron chi connectivity index (χ2n) is 26.3. The van der Waals surface area contributed by atoms with Crippen molar-refractivity contribution in [1.29, 1.82) is 0 Å². The molecule has 598 valence electrons. The van der Waals surface area contributed by atoms with Gasteiger partial charge >= 0.3 is 44.0 Å². The van der Waals surface area contributed by atoms with E-state index >= 15 is 0 Å². The molecule has 5 fully saturated rings. The first-order valence-corrected chi connectivity index (χ1v) is 47.4. The number of aromatic amines is 4. The second-order valence-corrected chi connectivity index (χ2v) is 42.8. The highest BCUT2D eigenvalue weighted by molar-refractivity contribution is 8.60. The third-order valence-electron chi connectivity index (χ3n) is 17.9. The van der Waals surface area contributed by atoms with Gasteiger partial charge in [0.15, 0.2) is 22.3 Å². The molecular weight excluding hydrogens is 1660 g/mol. The van der Waals surface area contributed by atoms with Crippen molar-refractivity contribution in [3.63, 3.8) is 0 Å². The van der Waals surface area contributed by atoms with Crippen molar-refractivity contribution in [2.45, 2.75) is 166 Å². The summed E-state index contributed by atoms with van der Waals surface area (Å²) in [5, 5.41) is 0. The zero-order chi connectivity index (χ0) is 78.7. The Morgan fingerprint density at radius 1 is 0.523 bits per heavy atom. The van der Waals surface area contributed by atoms with Gasteiger partial charge in [-0.3, -0.25) is 71.0 Å². The fourth-order valence-electron chi connectivity index (χ4n) is 12.8. The van der Waals surface area contributed by atoms with Crippen LogP contribution in [0.5, 0.6) is 0 Å². The lowest BCUT2D eigenvalue weighted by Crippen LogP contribution is -2.33. The van der Waals surface area contributed by atoms with E-state index in [4.69, 9.17) is 133 Å². The quantitative estimate of drug-likeness (QED) is 0.0219. The lowest BCUT2D eigenvalue weighted by Gasteiger charge is -2.28. The molecule has 20 atom stereocenters. The summed E-state index contributed by atoms with van der Waals surface area (Å²) in [4.78, 5) is 156. The molecule has 12 rings (SSSR count). The number of ether oxygens (including phenoxy) is 5. The third kappa shape index (κ3) is 20.1. The molecule has 5 aliphatic rings. The number of anilines is 3. The van der Waals surface area contributed by atoms with Crippen molar-refractivity contribution in [3.8, 4) is 0 Å². The predicted molar refractivity (Wildman–Crippen MR) is 406 cm³/mol. The van der Waals surface area contributed by atoms with Gasteiger partial charge in [-0.25, -0.2) is 28.9 Å². The van der Waals surface area contributed by atoms with Crippen molar-refractivity contribution < 1.29 is 88.2 Å². The summed E-state index contributed by atoms with van der Waals surface area (Å²) in [6.07, 6.45) is -11.4. The highest BCUT2D eigenvalue weighted by atomic mass is 32.9. The van der Waals surface area contributed by atoms with Gasteiger partial charge in [0.1, 0.15) is 67.5 Å². The molecule has 0 aliphatic carbocycles. The number of nitrogens with zero attached hydrogens (tertiary/aromatic N) is 10. The highest BCUT2D eigenvalue weighted by Gasteiger charge is 2.49. The van der Waals surface area contributed by atoms with E-state index in [9.17, 15) is 52.8 Å². The molecule has 12 heterocycles. The number of aromatic nitrogens is 14. The Balaban J connectivity index is 0.758. The first kappa shape index (κ1) is 83.6. The van der Waals surface area contributed by atoms with Gasteiger partial charge in [0.05, 0.1) is 76.2 Å². The maximum absolute atomic E-state index is 14.8. The van der Waals surface area contributed by atoms with Gasteiger partial charge in [0.2, 0.25) is 17.6 Å². The van der Waals surface area contributed by atoms with Gasteiger partial charge in [-0.2, -0.15) is 15.0 Å². The average molecular weight is 1740 g/mol.